The van der Waals surface area contributed by atoms with E-state index in [9.17, 15) is 4.79 Å². The van der Waals surface area contributed by atoms with Gasteiger partial charge in [0, 0.05) is 11.5 Å². The lowest BCUT2D eigenvalue weighted by Crippen LogP contribution is -2.27. The van der Waals surface area contributed by atoms with E-state index in [-0.39, 0.29) is 5.56 Å². The molecule has 0 fully saturated rings. The molecule has 0 amide bonds. The largest absolute Gasteiger partial charge is 0.493 e. The summed E-state index contributed by atoms with van der Waals surface area (Å²) in [4.78, 5) is 19.1. The van der Waals surface area contributed by atoms with E-state index in [0.717, 1.165) is 15.6 Å². The third-order valence-corrected chi connectivity index (χ3v) is 3.03. The predicted molar refractivity (Wildman–Crippen MR) is 71.1 cm³/mol. The lowest BCUT2D eigenvalue weighted by molar-refractivity contribution is 0.356. The number of benzene rings is 1. The monoisotopic (exact) mass is 260 g/mol. The summed E-state index contributed by atoms with van der Waals surface area (Å²) in [6.07, 6.45) is 1.29. The first kappa shape index (κ1) is 11.4. The minimum atomic E-state index is -0.334. The van der Waals surface area contributed by atoms with Gasteiger partial charge in [0.15, 0.2) is 11.5 Å². The maximum absolute atomic E-state index is 11.9. The van der Waals surface area contributed by atoms with Crippen molar-refractivity contribution in [3.63, 3.8) is 0 Å². The van der Waals surface area contributed by atoms with Gasteiger partial charge < -0.3 is 20.3 Å². The standard InChI is InChI=1S/C12H12N4O3/c1-18-8-3-6-7(4-9(8)19-2)15-11-10(6)14-5-16(13)12(11)17/h3-5,15H,13H2,1-2H3. The van der Waals surface area contributed by atoms with E-state index in [1.54, 1.807) is 26.4 Å². The summed E-state index contributed by atoms with van der Waals surface area (Å²) >= 11 is 0. The highest BCUT2D eigenvalue weighted by atomic mass is 16.5. The van der Waals surface area contributed by atoms with Crippen molar-refractivity contribution in [3.05, 3.63) is 28.8 Å². The quantitative estimate of drug-likeness (QED) is 0.658. The van der Waals surface area contributed by atoms with E-state index >= 15 is 0 Å². The molecule has 7 nitrogen and oxygen atoms in total. The second-order valence-corrected chi connectivity index (χ2v) is 4.06. The average molecular weight is 260 g/mol. The second kappa shape index (κ2) is 3.91. The first-order valence-electron chi connectivity index (χ1n) is 5.56. The Hall–Kier alpha value is -2.70. The van der Waals surface area contributed by atoms with Crippen LogP contribution in [0.1, 0.15) is 0 Å². The zero-order valence-electron chi connectivity index (χ0n) is 10.4. The Bertz CT molecular complexity index is 834. The molecule has 0 saturated carbocycles. The number of nitrogens with zero attached hydrogens (tertiary/aromatic N) is 2. The SMILES string of the molecule is COc1cc2[nH]c3c(=O)n(N)cnc3c2cc1OC. The summed E-state index contributed by atoms with van der Waals surface area (Å²) in [6.45, 7) is 0. The molecule has 3 rings (SSSR count). The van der Waals surface area contributed by atoms with Gasteiger partial charge in [-0.25, -0.2) is 9.66 Å². The molecule has 0 spiro atoms. The zero-order valence-corrected chi connectivity index (χ0v) is 10.4. The Morgan fingerprint density at radius 3 is 2.63 bits per heavy atom. The number of rotatable bonds is 2. The first-order valence-corrected chi connectivity index (χ1v) is 5.56. The van der Waals surface area contributed by atoms with Crippen molar-refractivity contribution in [3.8, 4) is 11.5 Å². The molecule has 0 bridgehead atoms. The van der Waals surface area contributed by atoms with Gasteiger partial charge in [-0.2, -0.15) is 0 Å². The second-order valence-electron chi connectivity index (χ2n) is 4.06. The minimum Gasteiger partial charge on any atom is -0.493 e. The maximum Gasteiger partial charge on any atom is 0.295 e. The topological polar surface area (TPSA) is 95.2 Å². The molecule has 0 radical (unpaired) electrons. The fourth-order valence-electron chi connectivity index (χ4n) is 2.10. The van der Waals surface area contributed by atoms with Crippen molar-refractivity contribution in [2.75, 3.05) is 20.1 Å². The number of nitrogens with one attached hydrogen (secondary N) is 1. The molecule has 0 saturated heterocycles. The smallest absolute Gasteiger partial charge is 0.295 e. The average Bonchev–Trinajstić information content (AvgIpc) is 2.79. The van der Waals surface area contributed by atoms with Crippen LogP contribution in [0.25, 0.3) is 21.9 Å². The number of nitrogen functional groups attached to an aromatic ring is 1. The van der Waals surface area contributed by atoms with Crippen LogP contribution in [0.4, 0.5) is 0 Å². The van der Waals surface area contributed by atoms with Crippen LogP contribution < -0.4 is 20.9 Å². The number of hydrogen-bond donors (Lipinski definition) is 2. The van der Waals surface area contributed by atoms with Crippen LogP contribution in [0.15, 0.2) is 23.3 Å². The van der Waals surface area contributed by atoms with Crippen LogP contribution in [-0.4, -0.2) is 28.9 Å². The van der Waals surface area contributed by atoms with Gasteiger partial charge in [-0.3, -0.25) is 4.79 Å². The van der Waals surface area contributed by atoms with Gasteiger partial charge in [0.25, 0.3) is 5.56 Å². The van der Waals surface area contributed by atoms with Gasteiger partial charge in [-0.05, 0) is 6.07 Å². The predicted octanol–water partition coefficient (Wildman–Crippen LogP) is 0.609. The van der Waals surface area contributed by atoms with Crippen molar-refractivity contribution in [2.45, 2.75) is 0 Å². The van der Waals surface area contributed by atoms with Crippen LogP contribution in [0.2, 0.25) is 0 Å². The van der Waals surface area contributed by atoms with Crippen LogP contribution in [0.3, 0.4) is 0 Å². The van der Waals surface area contributed by atoms with E-state index in [2.05, 4.69) is 9.97 Å². The molecule has 0 atom stereocenters. The van der Waals surface area contributed by atoms with Crippen molar-refractivity contribution >= 4 is 21.9 Å². The molecule has 1 aromatic carbocycles. The molecule has 0 unspecified atom stereocenters. The van der Waals surface area contributed by atoms with E-state index < -0.39 is 0 Å². The molecule has 0 aliphatic heterocycles. The van der Waals surface area contributed by atoms with Gasteiger partial charge in [0.1, 0.15) is 17.4 Å². The summed E-state index contributed by atoms with van der Waals surface area (Å²) in [5.74, 6) is 6.65. The van der Waals surface area contributed by atoms with Crippen LogP contribution >= 0.6 is 0 Å². The lowest BCUT2D eigenvalue weighted by atomic mass is 10.2. The van der Waals surface area contributed by atoms with Crippen molar-refractivity contribution in [1.29, 1.82) is 0 Å². The maximum atomic E-state index is 11.9. The minimum absolute atomic E-state index is 0.334. The van der Waals surface area contributed by atoms with E-state index in [1.807, 2.05) is 0 Å². The summed E-state index contributed by atoms with van der Waals surface area (Å²) in [7, 11) is 3.11. The fourth-order valence-corrected chi connectivity index (χ4v) is 2.10. The number of aromatic amines is 1. The van der Waals surface area contributed by atoms with Crippen LogP contribution in [0, 0.1) is 0 Å². The molecule has 2 heterocycles. The number of methoxy groups -OCH3 is 2. The van der Waals surface area contributed by atoms with Gasteiger partial charge >= 0.3 is 0 Å². The van der Waals surface area contributed by atoms with Crippen LogP contribution in [0.5, 0.6) is 11.5 Å². The summed E-state index contributed by atoms with van der Waals surface area (Å²) in [6, 6.07) is 3.54. The number of aromatic nitrogens is 3. The third kappa shape index (κ3) is 1.51. The Labute approximate surface area is 107 Å². The molecule has 3 N–H and O–H groups in total. The zero-order chi connectivity index (χ0) is 13.6. The van der Waals surface area contributed by atoms with E-state index in [0.29, 0.717) is 22.5 Å². The molecular weight excluding hydrogens is 248 g/mol. The van der Waals surface area contributed by atoms with Gasteiger partial charge in [0.05, 0.1) is 19.7 Å². The number of H-pyrrole nitrogens is 1. The first-order chi connectivity index (χ1) is 9.15. The van der Waals surface area contributed by atoms with Gasteiger partial charge in [0.2, 0.25) is 0 Å². The molecule has 2 aromatic heterocycles. The highest BCUT2D eigenvalue weighted by molar-refractivity contribution is 6.05. The Balaban J connectivity index is 2.47. The molecule has 7 heteroatoms. The Kier molecular flexibility index (Phi) is 2.34. The van der Waals surface area contributed by atoms with E-state index in [4.69, 9.17) is 15.3 Å². The van der Waals surface area contributed by atoms with Gasteiger partial charge in [-0.15, -0.1) is 0 Å². The Morgan fingerprint density at radius 2 is 1.95 bits per heavy atom. The Morgan fingerprint density at radius 1 is 1.26 bits per heavy atom. The van der Waals surface area contributed by atoms with Crippen LogP contribution in [-0.2, 0) is 0 Å². The fraction of sp³-hybridized carbons (Fsp3) is 0.167. The molecule has 19 heavy (non-hydrogen) atoms. The molecule has 98 valence electrons. The normalized spacial score (nSPS) is 11.1. The highest BCUT2D eigenvalue weighted by Gasteiger charge is 2.14. The van der Waals surface area contributed by atoms with E-state index in [1.165, 1.54) is 6.33 Å². The lowest BCUT2D eigenvalue weighted by Gasteiger charge is -2.06. The number of ether oxygens (including phenoxy) is 2. The number of fused-ring (bicyclic) bond motifs is 3. The molecule has 3 aromatic rings. The third-order valence-electron chi connectivity index (χ3n) is 3.03. The summed E-state index contributed by atoms with van der Waals surface area (Å²) < 4.78 is 11.4. The summed E-state index contributed by atoms with van der Waals surface area (Å²) in [5, 5.41) is 0.783. The number of nitrogens with two attached hydrogens (primary N) is 1. The summed E-state index contributed by atoms with van der Waals surface area (Å²) in [5.41, 5.74) is 1.32. The molecule has 0 aliphatic carbocycles. The highest BCUT2D eigenvalue weighted by Crippen LogP contribution is 2.34. The van der Waals surface area contributed by atoms with Crippen molar-refractivity contribution in [2.24, 2.45) is 0 Å². The van der Waals surface area contributed by atoms with Crippen molar-refractivity contribution < 1.29 is 9.47 Å². The van der Waals surface area contributed by atoms with Gasteiger partial charge in [-0.1, -0.05) is 0 Å². The molecular formula is C12H12N4O3. The molecule has 0 aliphatic rings. The number of hydrogen-bond acceptors (Lipinski definition) is 5. The van der Waals surface area contributed by atoms with Crippen molar-refractivity contribution in [1.82, 2.24) is 14.6 Å².